The van der Waals surface area contributed by atoms with Crippen molar-refractivity contribution in [2.24, 2.45) is 0 Å². The molecule has 0 radical (unpaired) electrons. The van der Waals surface area contributed by atoms with Gasteiger partial charge < -0.3 is 9.31 Å². The van der Waals surface area contributed by atoms with Gasteiger partial charge in [-0.25, -0.2) is 0 Å². The molecule has 0 unspecified atom stereocenters. The number of hydrogen-bond donors (Lipinski definition) is 0. The van der Waals surface area contributed by atoms with Crippen molar-refractivity contribution in [1.82, 2.24) is 0 Å². The number of hydrogen-bond acceptors (Lipinski definition) is 2. The molecule has 1 aromatic rings. The highest BCUT2D eigenvalue weighted by atomic mass is 19.4. The summed E-state index contributed by atoms with van der Waals surface area (Å²) in [6.07, 6.45) is -1.30. The topological polar surface area (TPSA) is 18.5 Å². The first-order valence-electron chi connectivity index (χ1n) is 9.18. The van der Waals surface area contributed by atoms with Crippen LogP contribution in [0.15, 0.2) is 24.3 Å². The molecule has 25 heavy (non-hydrogen) atoms. The first-order chi connectivity index (χ1) is 11.5. The van der Waals surface area contributed by atoms with Gasteiger partial charge in [-0.15, -0.1) is 19.0 Å². The van der Waals surface area contributed by atoms with Crippen LogP contribution >= 0.6 is 0 Å². The van der Waals surface area contributed by atoms with Crippen LogP contribution in [0.25, 0.3) is 0 Å². The third-order valence-electron chi connectivity index (χ3n) is 6.33. The van der Waals surface area contributed by atoms with Crippen molar-refractivity contribution in [3.63, 3.8) is 0 Å². The molecule has 2 aliphatic heterocycles. The summed E-state index contributed by atoms with van der Waals surface area (Å²) >= 11 is 0. The second-order valence-corrected chi connectivity index (χ2v) is 8.64. The van der Waals surface area contributed by atoms with E-state index in [1.165, 1.54) is 12.1 Å². The third kappa shape index (κ3) is 3.50. The van der Waals surface area contributed by atoms with Crippen molar-refractivity contribution < 1.29 is 22.5 Å². The minimum Gasteiger partial charge on any atom is -0.567 e. The van der Waals surface area contributed by atoms with Crippen LogP contribution in [0.5, 0.6) is 0 Å². The zero-order valence-corrected chi connectivity index (χ0v) is 15.5. The minimum atomic E-state index is -4.33. The molecule has 0 atom stereocenters. The summed E-state index contributed by atoms with van der Waals surface area (Å²) in [7, 11) is 0. The van der Waals surface area contributed by atoms with Crippen LogP contribution in [-0.2, 0) is 21.8 Å². The van der Waals surface area contributed by atoms with Gasteiger partial charge in [-0.3, -0.25) is 0 Å². The lowest BCUT2D eigenvalue weighted by Gasteiger charge is -2.42. The summed E-state index contributed by atoms with van der Waals surface area (Å²) in [5.41, 5.74) is -0.928. The third-order valence-corrected chi connectivity index (χ3v) is 6.33. The Hall–Kier alpha value is -0.940. The Balaban J connectivity index is 1.95. The summed E-state index contributed by atoms with van der Waals surface area (Å²) in [6.45, 7) is 8.32. The van der Waals surface area contributed by atoms with Crippen molar-refractivity contribution in [2.45, 2.75) is 76.9 Å². The smallest absolute Gasteiger partial charge is 0.416 e. The molecule has 0 bridgehead atoms. The van der Waals surface area contributed by atoms with E-state index in [4.69, 9.17) is 9.31 Å². The molecule has 7 heteroatoms. The van der Waals surface area contributed by atoms with Crippen LogP contribution in [0.3, 0.4) is 0 Å². The van der Waals surface area contributed by atoms with E-state index in [1.54, 1.807) is 6.07 Å². The van der Waals surface area contributed by atoms with E-state index in [0.29, 0.717) is 11.9 Å². The van der Waals surface area contributed by atoms with Gasteiger partial charge in [0.25, 0.3) is 0 Å². The average Bonchev–Trinajstić information content (AvgIpc) is 3.05. The molecule has 2 saturated heterocycles. The van der Waals surface area contributed by atoms with Crippen LogP contribution in [0.4, 0.5) is 13.2 Å². The number of alkyl halides is 3. The van der Waals surface area contributed by atoms with E-state index in [0.717, 1.165) is 31.5 Å². The van der Waals surface area contributed by atoms with E-state index in [-0.39, 0.29) is 6.60 Å². The number of halogens is 3. The molecule has 2 fully saturated rings. The summed E-state index contributed by atoms with van der Waals surface area (Å²) in [4.78, 5) is 0. The Bertz CT molecular complexity index is 621. The molecular weight excluding hydrogens is 327 g/mol. The maximum Gasteiger partial charge on any atom is 0.416 e. The molecule has 2 heterocycles. The van der Waals surface area contributed by atoms with Gasteiger partial charge >= 0.3 is 6.18 Å². The van der Waals surface area contributed by atoms with Crippen LogP contribution in [-0.4, -0.2) is 24.2 Å². The Labute approximate surface area is 148 Å². The highest BCUT2D eigenvalue weighted by Gasteiger charge is 2.54. The van der Waals surface area contributed by atoms with Gasteiger partial charge in [0, 0.05) is 17.8 Å². The molecule has 0 amide bonds. The molecule has 0 N–H and O–H groups in total. The first-order valence-corrected chi connectivity index (χ1v) is 9.18. The predicted molar refractivity (Wildman–Crippen MR) is 95.8 cm³/mol. The van der Waals surface area contributed by atoms with Gasteiger partial charge in [0.05, 0.1) is 5.56 Å². The van der Waals surface area contributed by atoms with E-state index in [9.17, 15) is 13.2 Å². The molecule has 3 rings (SSSR count). The van der Waals surface area contributed by atoms with Gasteiger partial charge in [0.2, 0.25) is 6.44 Å². The fourth-order valence-corrected chi connectivity index (χ4v) is 4.42. The van der Waals surface area contributed by atoms with Gasteiger partial charge in [0.15, 0.2) is 0 Å². The quantitative estimate of drug-likeness (QED) is 0.696. The molecular formula is C18H26B2F3O2-. The van der Waals surface area contributed by atoms with E-state index < -0.39 is 29.4 Å². The summed E-state index contributed by atoms with van der Waals surface area (Å²) < 4.78 is 52.2. The second kappa shape index (κ2) is 6.05. The summed E-state index contributed by atoms with van der Waals surface area (Å²) in [5.74, 6) is 0. The van der Waals surface area contributed by atoms with E-state index in [2.05, 4.69) is 0 Å². The molecule has 0 aromatic heterocycles. The molecule has 0 saturated carbocycles. The zero-order chi connectivity index (χ0) is 18.5. The van der Waals surface area contributed by atoms with E-state index >= 15 is 0 Å². The van der Waals surface area contributed by atoms with Crippen LogP contribution in [0.2, 0.25) is 12.6 Å². The second-order valence-electron chi connectivity index (χ2n) is 8.64. The van der Waals surface area contributed by atoms with Crippen molar-refractivity contribution in [3.8, 4) is 0 Å². The highest BCUT2D eigenvalue weighted by molar-refractivity contribution is 7.27. The minimum absolute atomic E-state index is 0.274. The maximum atomic E-state index is 13.1. The summed E-state index contributed by atoms with van der Waals surface area (Å²) in [6, 6.07) is 5.58. The molecule has 2 nitrogen and oxygen atoms in total. The van der Waals surface area contributed by atoms with Crippen molar-refractivity contribution >= 4 is 13.0 Å². The van der Waals surface area contributed by atoms with Crippen molar-refractivity contribution in [2.75, 3.05) is 0 Å². The Morgan fingerprint density at radius 2 is 1.60 bits per heavy atom. The van der Waals surface area contributed by atoms with Crippen LogP contribution in [0.1, 0.15) is 51.7 Å². The van der Waals surface area contributed by atoms with Gasteiger partial charge in [0.1, 0.15) is 0 Å². The lowest BCUT2D eigenvalue weighted by atomic mass is 9.09. The molecule has 2 aliphatic rings. The van der Waals surface area contributed by atoms with Gasteiger partial charge in [-0.2, -0.15) is 13.2 Å². The zero-order valence-electron chi connectivity index (χ0n) is 15.5. The molecule has 1 aromatic carbocycles. The normalized spacial score (nSPS) is 24.7. The number of benzene rings is 1. The SMILES string of the molecule is CC1(C)O[B-](Cc2cccc(C(F)(F)F)c2)(B2CCCC2)OC1(C)C. The van der Waals surface area contributed by atoms with Gasteiger partial charge in [-0.05, 0) is 33.8 Å². The highest BCUT2D eigenvalue weighted by Crippen LogP contribution is 2.46. The maximum absolute atomic E-state index is 13.1. The van der Waals surface area contributed by atoms with Gasteiger partial charge in [-0.1, -0.05) is 36.6 Å². The largest absolute Gasteiger partial charge is 0.567 e. The average molecular weight is 353 g/mol. The number of rotatable bonds is 3. The van der Waals surface area contributed by atoms with Crippen LogP contribution < -0.4 is 0 Å². The standard InChI is InChI=1S/C18H26B2F3O2/c1-16(2)17(3,4)25-20(24-16,19-10-5-6-11-19)13-14-8-7-9-15(12-14)18(21,22)23/h7-9,12H,5-6,10-11,13H2,1-4H3/q-1. The van der Waals surface area contributed by atoms with E-state index in [1.807, 2.05) is 27.7 Å². The fourth-order valence-electron chi connectivity index (χ4n) is 4.42. The molecule has 0 spiro atoms. The first kappa shape index (κ1) is 18.8. The monoisotopic (exact) mass is 353 g/mol. The van der Waals surface area contributed by atoms with Crippen molar-refractivity contribution in [3.05, 3.63) is 35.4 Å². The molecule has 0 aliphatic carbocycles. The van der Waals surface area contributed by atoms with Crippen molar-refractivity contribution in [1.29, 1.82) is 0 Å². The Morgan fingerprint density at radius 3 is 2.12 bits per heavy atom. The van der Waals surface area contributed by atoms with Crippen LogP contribution in [0, 0.1) is 0 Å². The predicted octanol–water partition coefficient (Wildman–Crippen LogP) is 5.20. The Morgan fingerprint density at radius 1 is 1.04 bits per heavy atom. The lowest BCUT2D eigenvalue weighted by molar-refractivity contribution is -0.137. The Kier molecular flexibility index (Phi) is 4.56. The fraction of sp³-hybridized carbons (Fsp3) is 0.667. The summed E-state index contributed by atoms with van der Waals surface area (Å²) in [5, 5.41) is 0. The molecule has 138 valence electrons. The lowest BCUT2D eigenvalue weighted by Crippen LogP contribution is -2.55.